The van der Waals surface area contributed by atoms with Crippen LogP contribution in [0.3, 0.4) is 0 Å². The van der Waals surface area contributed by atoms with Crippen LogP contribution in [0.1, 0.15) is 31.7 Å². The summed E-state index contributed by atoms with van der Waals surface area (Å²) in [7, 11) is 0. The molecule has 2 aromatic carbocycles. The summed E-state index contributed by atoms with van der Waals surface area (Å²) in [5.74, 6) is 0.155. The van der Waals surface area contributed by atoms with E-state index in [1.165, 1.54) is 0 Å². The van der Waals surface area contributed by atoms with E-state index in [1.807, 2.05) is 59.5 Å². The zero-order chi connectivity index (χ0) is 15.8. The van der Waals surface area contributed by atoms with Crippen LogP contribution in [-0.4, -0.2) is 12.5 Å². The quantitative estimate of drug-likeness (QED) is 0.784. The summed E-state index contributed by atoms with van der Waals surface area (Å²) < 4.78 is 0. The van der Waals surface area contributed by atoms with Crippen molar-refractivity contribution in [1.82, 2.24) is 0 Å². The van der Waals surface area contributed by atoms with E-state index >= 15 is 0 Å². The van der Waals surface area contributed by atoms with E-state index in [2.05, 4.69) is 6.92 Å². The molecule has 0 unspecified atom stereocenters. The number of hydrogen-bond donors (Lipinski definition) is 1. The Bertz CT molecular complexity index is 595. The highest BCUT2D eigenvalue weighted by Crippen LogP contribution is 2.18. The van der Waals surface area contributed by atoms with E-state index in [0.717, 1.165) is 36.3 Å². The number of benzene rings is 2. The van der Waals surface area contributed by atoms with E-state index in [9.17, 15) is 4.79 Å². The fraction of sp³-hybridized carbons (Fsp3) is 0.316. The van der Waals surface area contributed by atoms with Crippen molar-refractivity contribution in [3.05, 3.63) is 60.2 Å². The molecule has 0 saturated carbocycles. The number of para-hydroxylation sites is 2. The predicted octanol–water partition coefficient (Wildman–Crippen LogP) is 4.03. The van der Waals surface area contributed by atoms with Crippen molar-refractivity contribution in [2.24, 2.45) is 0 Å². The molecule has 0 fully saturated rings. The van der Waals surface area contributed by atoms with Crippen LogP contribution in [0.15, 0.2) is 54.6 Å². The molecule has 0 aliphatic carbocycles. The molecule has 3 nitrogen and oxygen atoms in total. The Hall–Kier alpha value is -2.29. The summed E-state index contributed by atoms with van der Waals surface area (Å²) in [6.45, 7) is 2.90. The van der Waals surface area contributed by atoms with Crippen LogP contribution in [0.2, 0.25) is 0 Å². The minimum Gasteiger partial charge on any atom is -0.399 e. The summed E-state index contributed by atoms with van der Waals surface area (Å²) in [6.07, 6.45) is 3.24. The zero-order valence-electron chi connectivity index (χ0n) is 13.2. The molecule has 0 aromatic heterocycles. The van der Waals surface area contributed by atoms with Gasteiger partial charge in [-0.25, -0.2) is 0 Å². The SMILES string of the molecule is CCCCN(C(=O)CCc1ccccc1N)c1ccccc1. The molecular weight excluding hydrogens is 272 g/mol. The minimum absolute atomic E-state index is 0.155. The van der Waals surface area contributed by atoms with E-state index in [-0.39, 0.29) is 5.91 Å². The van der Waals surface area contributed by atoms with Gasteiger partial charge in [0.2, 0.25) is 5.91 Å². The molecule has 0 radical (unpaired) electrons. The predicted molar refractivity (Wildman–Crippen MR) is 92.9 cm³/mol. The molecule has 22 heavy (non-hydrogen) atoms. The van der Waals surface area contributed by atoms with Crippen molar-refractivity contribution in [3.8, 4) is 0 Å². The van der Waals surface area contributed by atoms with Crippen molar-refractivity contribution >= 4 is 17.3 Å². The number of nitrogens with two attached hydrogens (primary N) is 1. The molecule has 0 atom stereocenters. The highest BCUT2D eigenvalue weighted by molar-refractivity contribution is 5.93. The lowest BCUT2D eigenvalue weighted by Crippen LogP contribution is -2.32. The van der Waals surface area contributed by atoms with Gasteiger partial charge >= 0.3 is 0 Å². The van der Waals surface area contributed by atoms with Gasteiger partial charge in [0.25, 0.3) is 0 Å². The summed E-state index contributed by atoms with van der Waals surface area (Å²) in [5.41, 5.74) is 8.72. The summed E-state index contributed by atoms with van der Waals surface area (Å²) >= 11 is 0. The molecule has 3 heteroatoms. The largest absolute Gasteiger partial charge is 0.399 e. The number of carbonyl (C=O) groups is 1. The molecule has 0 aliphatic rings. The molecule has 0 saturated heterocycles. The smallest absolute Gasteiger partial charge is 0.227 e. The number of aryl methyl sites for hydroxylation is 1. The maximum atomic E-state index is 12.6. The van der Waals surface area contributed by atoms with Crippen LogP contribution in [0.25, 0.3) is 0 Å². The third kappa shape index (κ3) is 4.35. The Morgan fingerprint density at radius 3 is 2.41 bits per heavy atom. The first-order chi connectivity index (χ1) is 10.7. The first kappa shape index (κ1) is 16.1. The standard InChI is InChI=1S/C19H24N2O/c1-2-3-15-21(17-10-5-4-6-11-17)19(22)14-13-16-9-7-8-12-18(16)20/h4-12H,2-3,13-15,20H2,1H3. The molecule has 2 aromatic rings. The van der Waals surface area contributed by atoms with Gasteiger partial charge in [-0.05, 0) is 36.6 Å². The number of carbonyl (C=O) groups excluding carboxylic acids is 1. The molecular formula is C19H24N2O. The number of rotatable bonds is 7. The molecule has 0 aliphatic heterocycles. The van der Waals surface area contributed by atoms with Gasteiger partial charge in [-0.1, -0.05) is 49.7 Å². The maximum Gasteiger partial charge on any atom is 0.227 e. The number of unbranched alkanes of at least 4 members (excludes halogenated alkanes) is 1. The van der Waals surface area contributed by atoms with Crippen LogP contribution in [0.5, 0.6) is 0 Å². The van der Waals surface area contributed by atoms with E-state index in [0.29, 0.717) is 12.8 Å². The molecule has 1 amide bonds. The van der Waals surface area contributed by atoms with Gasteiger partial charge in [0.15, 0.2) is 0 Å². The molecule has 2 rings (SSSR count). The summed E-state index contributed by atoms with van der Waals surface area (Å²) in [5, 5.41) is 0. The number of nitrogens with zero attached hydrogens (tertiary/aromatic N) is 1. The Morgan fingerprint density at radius 1 is 1.05 bits per heavy atom. The normalized spacial score (nSPS) is 10.4. The molecule has 0 bridgehead atoms. The fourth-order valence-corrected chi connectivity index (χ4v) is 2.46. The number of anilines is 2. The monoisotopic (exact) mass is 296 g/mol. The maximum absolute atomic E-state index is 12.6. The molecule has 0 spiro atoms. The van der Waals surface area contributed by atoms with Gasteiger partial charge in [-0.3, -0.25) is 4.79 Å². The van der Waals surface area contributed by atoms with Gasteiger partial charge in [-0.15, -0.1) is 0 Å². The van der Waals surface area contributed by atoms with Crippen molar-refractivity contribution in [2.45, 2.75) is 32.6 Å². The Labute approximate surface area is 132 Å². The van der Waals surface area contributed by atoms with Gasteiger partial charge in [0.05, 0.1) is 0 Å². The third-order valence-corrected chi connectivity index (χ3v) is 3.77. The van der Waals surface area contributed by atoms with E-state index in [4.69, 9.17) is 5.73 Å². The summed E-state index contributed by atoms with van der Waals surface area (Å²) in [6, 6.07) is 17.6. The molecule has 0 heterocycles. The van der Waals surface area contributed by atoms with Gasteiger partial charge < -0.3 is 10.6 Å². The fourth-order valence-electron chi connectivity index (χ4n) is 2.46. The average molecular weight is 296 g/mol. The Morgan fingerprint density at radius 2 is 1.73 bits per heavy atom. The number of amides is 1. The summed E-state index contributed by atoms with van der Waals surface area (Å²) in [4.78, 5) is 14.5. The first-order valence-electron chi connectivity index (χ1n) is 7.91. The van der Waals surface area contributed by atoms with Crippen LogP contribution in [0, 0.1) is 0 Å². The van der Waals surface area contributed by atoms with Crippen molar-refractivity contribution in [1.29, 1.82) is 0 Å². The van der Waals surface area contributed by atoms with Gasteiger partial charge in [0.1, 0.15) is 0 Å². The Kier molecular flexibility index (Phi) is 6.01. The second-order valence-electron chi connectivity index (χ2n) is 5.43. The van der Waals surface area contributed by atoms with Crippen LogP contribution >= 0.6 is 0 Å². The van der Waals surface area contributed by atoms with E-state index in [1.54, 1.807) is 0 Å². The second-order valence-corrected chi connectivity index (χ2v) is 5.43. The minimum atomic E-state index is 0.155. The first-order valence-corrected chi connectivity index (χ1v) is 7.91. The number of nitrogen functional groups attached to an aromatic ring is 1. The van der Waals surface area contributed by atoms with Crippen LogP contribution in [-0.2, 0) is 11.2 Å². The van der Waals surface area contributed by atoms with E-state index < -0.39 is 0 Å². The van der Waals surface area contributed by atoms with Gasteiger partial charge in [0, 0.05) is 24.3 Å². The van der Waals surface area contributed by atoms with Crippen molar-refractivity contribution in [3.63, 3.8) is 0 Å². The average Bonchev–Trinajstić information content (AvgIpc) is 2.55. The lowest BCUT2D eigenvalue weighted by molar-refractivity contribution is -0.118. The second kappa shape index (κ2) is 8.23. The topological polar surface area (TPSA) is 46.3 Å². The third-order valence-electron chi connectivity index (χ3n) is 3.77. The lowest BCUT2D eigenvalue weighted by Gasteiger charge is -2.23. The Balaban J connectivity index is 2.04. The highest BCUT2D eigenvalue weighted by Gasteiger charge is 2.15. The van der Waals surface area contributed by atoms with Crippen molar-refractivity contribution in [2.75, 3.05) is 17.2 Å². The van der Waals surface area contributed by atoms with Crippen molar-refractivity contribution < 1.29 is 4.79 Å². The molecule has 116 valence electrons. The highest BCUT2D eigenvalue weighted by atomic mass is 16.2. The lowest BCUT2D eigenvalue weighted by atomic mass is 10.1. The zero-order valence-corrected chi connectivity index (χ0v) is 13.2. The van der Waals surface area contributed by atoms with Gasteiger partial charge in [-0.2, -0.15) is 0 Å². The van der Waals surface area contributed by atoms with Crippen LogP contribution < -0.4 is 10.6 Å². The van der Waals surface area contributed by atoms with Crippen LogP contribution in [0.4, 0.5) is 11.4 Å². The molecule has 2 N–H and O–H groups in total. The number of hydrogen-bond acceptors (Lipinski definition) is 2.